The molecule has 4 fully saturated rings. The number of amidine groups is 1. The van der Waals surface area contributed by atoms with Crippen LogP contribution >= 0.6 is 0 Å². The van der Waals surface area contributed by atoms with Crippen LogP contribution in [0.15, 0.2) is 17.1 Å². The number of nitrogens with one attached hydrogen (secondary N) is 1. The first-order chi connectivity index (χ1) is 14.8. The lowest BCUT2D eigenvalue weighted by atomic mass is 9.54. The Morgan fingerprint density at radius 2 is 1.75 bits per heavy atom. The van der Waals surface area contributed by atoms with Crippen molar-refractivity contribution in [2.75, 3.05) is 0 Å². The van der Waals surface area contributed by atoms with Gasteiger partial charge < -0.3 is 4.74 Å². The van der Waals surface area contributed by atoms with Crippen LogP contribution in [0.4, 0.5) is 0 Å². The highest BCUT2D eigenvalue weighted by atomic mass is 32.2. The van der Waals surface area contributed by atoms with Gasteiger partial charge in [-0.05, 0) is 95.6 Å². The van der Waals surface area contributed by atoms with Crippen molar-refractivity contribution in [2.45, 2.75) is 83.1 Å². The van der Waals surface area contributed by atoms with Gasteiger partial charge in [0.1, 0.15) is 5.75 Å². The molecule has 4 aliphatic rings. The van der Waals surface area contributed by atoms with Crippen molar-refractivity contribution in [1.82, 2.24) is 5.32 Å². The molecule has 0 saturated heterocycles. The molecule has 2 unspecified atom stereocenters. The number of hydrogen-bond donors (Lipinski definition) is 2. The van der Waals surface area contributed by atoms with E-state index < -0.39 is 20.4 Å². The highest BCUT2D eigenvalue weighted by Crippen LogP contribution is 2.59. The standard InChI is InChI=1S/C24H34N4O3S/c1-14-6-15(2)21(16(3)7-14)31-23(4,5)22(27-13-25)28-20-18-8-17-9-19(20)12-24(10-17,11-18)32(26,29)30/h6-7,17-20H,8-12H2,1-5H3,(H,27,28)(H2,26,29,30). The summed E-state index contributed by atoms with van der Waals surface area (Å²) in [6, 6.07) is 4.13. The topological polar surface area (TPSA) is 118 Å². The molecule has 7 nitrogen and oxygen atoms in total. The molecule has 174 valence electrons. The third-order valence-corrected chi connectivity index (χ3v) is 9.46. The number of aryl methyl sites for hydroxylation is 3. The van der Waals surface area contributed by atoms with Crippen molar-refractivity contribution in [3.63, 3.8) is 0 Å². The summed E-state index contributed by atoms with van der Waals surface area (Å²) in [7, 11) is -3.61. The Morgan fingerprint density at radius 1 is 1.19 bits per heavy atom. The second kappa shape index (κ2) is 7.74. The van der Waals surface area contributed by atoms with E-state index in [2.05, 4.69) is 24.4 Å². The first-order valence-corrected chi connectivity index (χ1v) is 12.9. The van der Waals surface area contributed by atoms with Crippen molar-refractivity contribution < 1.29 is 13.2 Å². The summed E-state index contributed by atoms with van der Waals surface area (Å²) in [5.74, 6) is 2.00. The molecule has 4 saturated carbocycles. The Hall–Kier alpha value is -2.11. The van der Waals surface area contributed by atoms with Crippen LogP contribution in [0.1, 0.15) is 62.6 Å². The smallest absolute Gasteiger partial charge is 0.214 e. The van der Waals surface area contributed by atoms with Gasteiger partial charge in [-0.2, -0.15) is 5.26 Å². The molecule has 0 aromatic heterocycles. The molecular formula is C24H34N4O3S. The second-order valence-corrected chi connectivity index (χ2v) is 12.7. The van der Waals surface area contributed by atoms with Crippen LogP contribution in [0.25, 0.3) is 0 Å². The predicted molar refractivity (Wildman–Crippen MR) is 125 cm³/mol. The third-order valence-electron chi connectivity index (χ3n) is 7.76. The Morgan fingerprint density at radius 3 is 2.25 bits per heavy atom. The molecule has 0 heterocycles. The highest BCUT2D eigenvalue weighted by molar-refractivity contribution is 7.90. The van der Waals surface area contributed by atoms with Crippen LogP contribution in [-0.2, 0) is 10.0 Å². The molecule has 3 N–H and O–H groups in total. The number of benzene rings is 1. The van der Waals surface area contributed by atoms with E-state index >= 15 is 0 Å². The van der Waals surface area contributed by atoms with Crippen LogP contribution in [-0.4, -0.2) is 30.6 Å². The van der Waals surface area contributed by atoms with E-state index in [9.17, 15) is 13.7 Å². The summed E-state index contributed by atoms with van der Waals surface area (Å²) in [6.07, 6.45) is 5.77. The molecule has 4 aliphatic carbocycles. The number of nitriles is 1. The average molecular weight is 459 g/mol. The number of nitrogens with two attached hydrogens (primary N) is 1. The molecule has 0 spiro atoms. The van der Waals surface area contributed by atoms with E-state index in [1.165, 1.54) is 5.56 Å². The molecule has 0 aliphatic heterocycles. The van der Waals surface area contributed by atoms with Gasteiger partial charge in [0.15, 0.2) is 17.6 Å². The second-order valence-electron chi connectivity index (χ2n) is 10.7. The number of primary sulfonamides is 1. The lowest BCUT2D eigenvalue weighted by Gasteiger charge is -2.57. The van der Waals surface area contributed by atoms with Gasteiger partial charge in [-0.3, -0.25) is 10.3 Å². The quantitative estimate of drug-likeness (QED) is 0.303. The van der Waals surface area contributed by atoms with Gasteiger partial charge >= 0.3 is 0 Å². The van der Waals surface area contributed by atoms with Gasteiger partial charge in [0.25, 0.3) is 0 Å². The van der Waals surface area contributed by atoms with Crippen molar-refractivity contribution in [1.29, 1.82) is 5.26 Å². The normalized spacial score (nSPS) is 32.0. The fourth-order valence-electron chi connectivity index (χ4n) is 6.65. The molecule has 2 atom stereocenters. The zero-order valence-electron chi connectivity index (χ0n) is 19.6. The Bertz CT molecular complexity index is 1060. The van der Waals surface area contributed by atoms with Crippen molar-refractivity contribution >= 4 is 15.9 Å². The molecule has 8 heteroatoms. The molecule has 1 aromatic carbocycles. The van der Waals surface area contributed by atoms with Crippen molar-refractivity contribution in [3.05, 3.63) is 28.8 Å². The summed E-state index contributed by atoms with van der Waals surface area (Å²) in [4.78, 5) is 5.05. The largest absolute Gasteiger partial charge is 0.479 e. The lowest BCUT2D eigenvalue weighted by Crippen LogP contribution is -2.61. The maximum absolute atomic E-state index is 12.4. The number of sulfonamides is 1. The van der Waals surface area contributed by atoms with Crippen LogP contribution in [0.2, 0.25) is 0 Å². The lowest BCUT2D eigenvalue weighted by molar-refractivity contribution is 0.0138. The van der Waals surface area contributed by atoms with Crippen LogP contribution < -0.4 is 15.2 Å². The van der Waals surface area contributed by atoms with Crippen LogP contribution in [0.5, 0.6) is 5.75 Å². The van der Waals surface area contributed by atoms with E-state index in [-0.39, 0.29) is 17.9 Å². The molecule has 1 aromatic rings. The molecular weight excluding hydrogens is 424 g/mol. The van der Waals surface area contributed by atoms with E-state index in [1.54, 1.807) is 0 Å². The first-order valence-electron chi connectivity index (χ1n) is 11.4. The molecule has 5 rings (SSSR count). The Labute approximate surface area is 191 Å². The Kier molecular flexibility index (Phi) is 5.58. The fourth-order valence-corrected chi connectivity index (χ4v) is 8.01. The van der Waals surface area contributed by atoms with Gasteiger partial charge in [0.05, 0.1) is 10.8 Å². The van der Waals surface area contributed by atoms with Gasteiger partial charge in [-0.25, -0.2) is 13.6 Å². The summed E-state index contributed by atoms with van der Waals surface area (Å²) < 4.78 is 30.5. The van der Waals surface area contributed by atoms with Gasteiger partial charge in [0.2, 0.25) is 10.0 Å². The number of nitrogens with zero attached hydrogens (tertiary/aromatic N) is 2. The fraction of sp³-hybridized carbons (Fsp3) is 0.667. The van der Waals surface area contributed by atoms with Crippen molar-refractivity contribution in [2.24, 2.45) is 27.9 Å². The van der Waals surface area contributed by atoms with Gasteiger partial charge in [0, 0.05) is 0 Å². The number of rotatable bonds is 5. The van der Waals surface area contributed by atoms with E-state index in [0.717, 1.165) is 29.7 Å². The number of aliphatic imine (C=N–C) groups is 1. The maximum atomic E-state index is 12.4. The van der Waals surface area contributed by atoms with E-state index in [1.807, 2.05) is 33.9 Å². The summed E-state index contributed by atoms with van der Waals surface area (Å²) >= 11 is 0. The summed E-state index contributed by atoms with van der Waals surface area (Å²) in [5, 5.41) is 17.9. The van der Waals surface area contributed by atoms with Crippen molar-refractivity contribution in [3.8, 4) is 11.9 Å². The minimum absolute atomic E-state index is 0.0274. The minimum Gasteiger partial charge on any atom is -0.479 e. The van der Waals surface area contributed by atoms with E-state index in [4.69, 9.17) is 14.9 Å². The third kappa shape index (κ3) is 3.90. The molecule has 32 heavy (non-hydrogen) atoms. The molecule has 0 radical (unpaired) electrons. The van der Waals surface area contributed by atoms with E-state index in [0.29, 0.717) is 31.0 Å². The zero-order chi connectivity index (χ0) is 23.5. The molecule has 4 bridgehead atoms. The summed E-state index contributed by atoms with van der Waals surface area (Å²) in [5.41, 5.74) is 2.40. The highest BCUT2D eigenvalue weighted by Gasteiger charge is 2.60. The van der Waals surface area contributed by atoms with Gasteiger partial charge in [-0.15, -0.1) is 0 Å². The number of hydrogen-bond acceptors (Lipinski definition) is 5. The maximum Gasteiger partial charge on any atom is 0.214 e. The zero-order valence-corrected chi connectivity index (χ0v) is 20.4. The predicted octanol–water partition coefficient (Wildman–Crippen LogP) is 3.47. The molecule has 0 amide bonds. The first kappa shape index (κ1) is 23.1. The Balaban J connectivity index is 1.65. The average Bonchev–Trinajstić information content (AvgIpc) is 2.65. The minimum atomic E-state index is -3.61. The number of ether oxygens (including phenoxy) is 1. The van der Waals surface area contributed by atoms with Crippen LogP contribution in [0.3, 0.4) is 0 Å². The SMILES string of the molecule is Cc1cc(C)c(OC(C)(C)C(=NC2C3CC4CC2CC(S(N)(=O)=O)(C4)C3)NC#N)c(C)c1. The summed E-state index contributed by atoms with van der Waals surface area (Å²) in [6.45, 7) is 9.92. The van der Waals surface area contributed by atoms with Crippen LogP contribution in [0, 0.1) is 50.0 Å². The monoisotopic (exact) mass is 458 g/mol. The van der Waals surface area contributed by atoms with Gasteiger partial charge in [-0.1, -0.05) is 17.7 Å².